The molecule has 0 aromatic carbocycles. The average molecular weight is 316 g/mol. The van der Waals surface area contributed by atoms with Gasteiger partial charge in [-0.25, -0.2) is 0 Å². The molecule has 0 bridgehead atoms. The number of carbonyl (C=O) groups excluding carboxylic acids is 1. The SMILES string of the molecule is C=CC(O)(C/C=C/[C@H]1[C@@H]2CC(=C)C(=O)[C@H]2C[C@H]1O)C1CCCC1. The third-order valence-electron chi connectivity index (χ3n) is 6.34. The van der Waals surface area contributed by atoms with Gasteiger partial charge >= 0.3 is 0 Å². The van der Waals surface area contributed by atoms with Crippen LogP contribution in [0.3, 0.4) is 0 Å². The molecule has 0 aromatic rings. The summed E-state index contributed by atoms with van der Waals surface area (Å²) < 4.78 is 0. The highest BCUT2D eigenvalue weighted by atomic mass is 16.3. The summed E-state index contributed by atoms with van der Waals surface area (Å²) in [4.78, 5) is 12.0. The summed E-state index contributed by atoms with van der Waals surface area (Å²) in [5, 5.41) is 21.1. The molecule has 3 rings (SSSR count). The van der Waals surface area contributed by atoms with E-state index in [1.54, 1.807) is 6.08 Å². The lowest BCUT2D eigenvalue weighted by atomic mass is 9.82. The van der Waals surface area contributed by atoms with Gasteiger partial charge in [0.15, 0.2) is 5.78 Å². The van der Waals surface area contributed by atoms with Crippen LogP contribution in [0.25, 0.3) is 0 Å². The normalized spacial score (nSPS) is 37.5. The smallest absolute Gasteiger partial charge is 0.161 e. The zero-order valence-corrected chi connectivity index (χ0v) is 13.8. The van der Waals surface area contributed by atoms with Crippen LogP contribution >= 0.6 is 0 Å². The molecule has 3 fully saturated rings. The first-order valence-electron chi connectivity index (χ1n) is 8.89. The largest absolute Gasteiger partial charge is 0.392 e. The topological polar surface area (TPSA) is 57.5 Å². The number of Topliss-reactive ketones (excluding diaryl/α,β-unsaturated/α-hetero) is 1. The molecular formula is C20H28O3. The van der Waals surface area contributed by atoms with Gasteiger partial charge in [-0.1, -0.05) is 37.6 Å². The molecule has 126 valence electrons. The third kappa shape index (κ3) is 2.97. The van der Waals surface area contributed by atoms with Gasteiger partial charge in [0.05, 0.1) is 11.7 Å². The van der Waals surface area contributed by atoms with Crippen molar-refractivity contribution in [1.29, 1.82) is 0 Å². The maximum atomic E-state index is 12.0. The van der Waals surface area contributed by atoms with Crippen LogP contribution in [0.5, 0.6) is 0 Å². The molecule has 5 atom stereocenters. The quantitative estimate of drug-likeness (QED) is 0.605. The fraction of sp³-hybridized carbons (Fsp3) is 0.650. The summed E-state index contributed by atoms with van der Waals surface area (Å²) >= 11 is 0. The molecule has 3 saturated carbocycles. The van der Waals surface area contributed by atoms with Crippen LogP contribution in [-0.4, -0.2) is 27.7 Å². The highest BCUT2D eigenvalue weighted by molar-refractivity contribution is 5.99. The Kier molecular flexibility index (Phi) is 4.61. The minimum Gasteiger partial charge on any atom is -0.392 e. The summed E-state index contributed by atoms with van der Waals surface area (Å²) in [5.74, 6) is 0.558. The van der Waals surface area contributed by atoms with E-state index in [-0.39, 0.29) is 23.5 Å². The molecule has 3 aliphatic carbocycles. The minimum atomic E-state index is -0.842. The summed E-state index contributed by atoms with van der Waals surface area (Å²) in [6.45, 7) is 7.68. The van der Waals surface area contributed by atoms with Gasteiger partial charge in [0.25, 0.3) is 0 Å². The number of ketones is 1. The monoisotopic (exact) mass is 316 g/mol. The van der Waals surface area contributed by atoms with Gasteiger partial charge in [0.2, 0.25) is 0 Å². The molecule has 2 N–H and O–H groups in total. The number of aliphatic hydroxyl groups is 2. The first kappa shape index (κ1) is 16.7. The number of allylic oxidation sites excluding steroid dienone is 1. The molecule has 0 aromatic heterocycles. The molecule has 3 heteroatoms. The van der Waals surface area contributed by atoms with E-state index in [9.17, 15) is 15.0 Å². The van der Waals surface area contributed by atoms with Crippen LogP contribution in [0.2, 0.25) is 0 Å². The van der Waals surface area contributed by atoms with Crippen LogP contribution < -0.4 is 0 Å². The molecule has 0 aliphatic heterocycles. The second-order valence-electron chi connectivity index (χ2n) is 7.63. The lowest BCUT2D eigenvalue weighted by Crippen LogP contribution is -2.33. The van der Waals surface area contributed by atoms with Crippen LogP contribution in [0.15, 0.2) is 37.0 Å². The first-order chi connectivity index (χ1) is 11.0. The predicted molar refractivity (Wildman–Crippen MR) is 90.7 cm³/mol. The van der Waals surface area contributed by atoms with Crippen LogP contribution in [-0.2, 0) is 4.79 Å². The van der Waals surface area contributed by atoms with E-state index in [0.717, 1.165) is 12.8 Å². The van der Waals surface area contributed by atoms with Gasteiger partial charge < -0.3 is 10.2 Å². The van der Waals surface area contributed by atoms with Crippen molar-refractivity contribution in [1.82, 2.24) is 0 Å². The minimum absolute atomic E-state index is 0.000781. The maximum Gasteiger partial charge on any atom is 0.161 e. The maximum absolute atomic E-state index is 12.0. The summed E-state index contributed by atoms with van der Waals surface area (Å²) in [7, 11) is 0. The molecule has 0 saturated heterocycles. The van der Waals surface area contributed by atoms with E-state index in [1.165, 1.54) is 12.8 Å². The first-order valence-corrected chi connectivity index (χ1v) is 8.89. The van der Waals surface area contributed by atoms with Crippen molar-refractivity contribution >= 4 is 5.78 Å². The number of hydrogen-bond acceptors (Lipinski definition) is 3. The van der Waals surface area contributed by atoms with Crippen molar-refractivity contribution in [2.45, 2.75) is 56.7 Å². The van der Waals surface area contributed by atoms with E-state index in [1.807, 2.05) is 12.2 Å². The predicted octanol–water partition coefficient (Wildman–Crippen LogP) is 3.18. The zero-order valence-electron chi connectivity index (χ0n) is 13.8. The lowest BCUT2D eigenvalue weighted by Gasteiger charge is -2.30. The number of aliphatic hydroxyl groups excluding tert-OH is 1. The number of carbonyl (C=O) groups is 1. The Morgan fingerprint density at radius 3 is 2.65 bits per heavy atom. The van der Waals surface area contributed by atoms with Gasteiger partial charge in [-0.15, -0.1) is 6.58 Å². The van der Waals surface area contributed by atoms with Gasteiger partial charge in [-0.3, -0.25) is 4.79 Å². The van der Waals surface area contributed by atoms with E-state index >= 15 is 0 Å². The fourth-order valence-electron chi connectivity index (χ4n) is 4.90. The van der Waals surface area contributed by atoms with Crippen molar-refractivity contribution in [3.8, 4) is 0 Å². The molecule has 0 amide bonds. The molecule has 23 heavy (non-hydrogen) atoms. The molecule has 1 unspecified atom stereocenters. The second-order valence-corrected chi connectivity index (χ2v) is 7.63. The molecule has 3 aliphatic rings. The van der Waals surface area contributed by atoms with Gasteiger partial charge in [-0.2, -0.15) is 0 Å². The second kappa shape index (κ2) is 6.37. The van der Waals surface area contributed by atoms with Crippen molar-refractivity contribution in [3.63, 3.8) is 0 Å². The van der Waals surface area contributed by atoms with Crippen molar-refractivity contribution in [2.75, 3.05) is 0 Å². The zero-order chi connectivity index (χ0) is 16.6. The molecule has 3 nitrogen and oxygen atoms in total. The summed E-state index contributed by atoms with van der Waals surface area (Å²) in [6.07, 6.45) is 11.5. The Morgan fingerprint density at radius 2 is 2.00 bits per heavy atom. The number of fused-ring (bicyclic) bond motifs is 1. The Labute approximate surface area is 138 Å². The highest BCUT2D eigenvalue weighted by Crippen LogP contribution is 2.48. The van der Waals surface area contributed by atoms with Crippen molar-refractivity contribution < 1.29 is 15.0 Å². The van der Waals surface area contributed by atoms with Crippen molar-refractivity contribution in [3.05, 3.63) is 37.0 Å². The average Bonchev–Trinajstić information content (AvgIpc) is 3.22. The summed E-state index contributed by atoms with van der Waals surface area (Å²) in [5.41, 5.74) is -0.135. The highest BCUT2D eigenvalue weighted by Gasteiger charge is 2.49. The van der Waals surface area contributed by atoms with E-state index in [4.69, 9.17) is 0 Å². The molecule has 0 radical (unpaired) electrons. The number of hydrogen-bond donors (Lipinski definition) is 2. The lowest BCUT2D eigenvalue weighted by molar-refractivity contribution is -0.118. The summed E-state index contributed by atoms with van der Waals surface area (Å²) in [6, 6.07) is 0. The van der Waals surface area contributed by atoms with Gasteiger partial charge in [0, 0.05) is 11.8 Å². The van der Waals surface area contributed by atoms with Crippen molar-refractivity contribution in [2.24, 2.45) is 23.7 Å². The van der Waals surface area contributed by atoms with Gasteiger partial charge in [-0.05, 0) is 49.5 Å². The molecular weight excluding hydrogens is 288 g/mol. The Morgan fingerprint density at radius 1 is 1.30 bits per heavy atom. The number of rotatable bonds is 5. The fourth-order valence-corrected chi connectivity index (χ4v) is 4.90. The third-order valence-corrected chi connectivity index (χ3v) is 6.34. The Balaban J connectivity index is 1.66. The van der Waals surface area contributed by atoms with Gasteiger partial charge in [0.1, 0.15) is 0 Å². The van der Waals surface area contributed by atoms with E-state index < -0.39 is 11.7 Å². The molecule has 0 heterocycles. The van der Waals surface area contributed by atoms with Crippen LogP contribution in [0.1, 0.15) is 44.9 Å². The Bertz CT molecular complexity index is 529. The standard InChI is InChI=1S/C20H28O3/c1-3-20(23,14-7-4-5-8-14)10-6-9-15-16-11-13(2)19(22)17(16)12-18(15)21/h3,6,9,14-18,21,23H,1-2,4-5,7-8,10-12H2/b9-6+/t15-,16-,17-,18+,20?/m0/s1. The molecule has 0 spiro atoms. The van der Waals surface area contributed by atoms with Crippen LogP contribution in [0, 0.1) is 23.7 Å². The van der Waals surface area contributed by atoms with E-state index in [0.29, 0.717) is 30.8 Å². The van der Waals surface area contributed by atoms with E-state index in [2.05, 4.69) is 13.2 Å². The Hall–Kier alpha value is -1.19. The van der Waals surface area contributed by atoms with Crippen LogP contribution in [0.4, 0.5) is 0 Å².